The lowest BCUT2D eigenvalue weighted by molar-refractivity contribution is 0.0996. The number of nitrogens with one attached hydrogen (secondary N) is 1. The number of amides is 2. The molecule has 1 aromatic heterocycles. The number of carbonyl (C=O) groups is 2. The molecule has 1 heterocycles. The first-order valence-corrected chi connectivity index (χ1v) is 6.71. The van der Waals surface area contributed by atoms with E-state index < -0.39 is 5.91 Å². The zero-order chi connectivity index (χ0) is 14.9. The largest absolute Gasteiger partial charge is 0.375 e. The maximum absolute atomic E-state index is 12.1. The van der Waals surface area contributed by atoms with Gasteiger partial charge in [-0.15, -0.1) is 0 Å². The number of primary amides is 1. The van der Waals surface area contributed by atoms with E-state index in [9.17, 15) is 9.59 Å². The Bertz CT molecular complexity index is 699. The third kappa shape index (κ3) is 2.89. The van der Waals surface area contributed by atoms with Gasteiger partial charge in [-0.3, -0.25) is 9.59 Å². The second-order valence-electron chi connectivity index (χ2n) is 3.98. The van der Waals surface area contributed by atoms with Crippen LogP contribution in [0.3, 0.4) is 0 Å². The van der Waals surface area contributed by atoms with Crippen LogP contribution < -0.4 is 16.8 Å². The van der Waals surface area contributed by atoms with Gasteiger partial charge >= 0.3 is 0 Å². The summed E-state index contributed by atoms with van der Waals surface area (Å²) in [6.45, 7) is 1.68. The number of nitrogen functional groups attached to an aromatic ring is 1. The molecule has 1 aromatic carbocycles. The predicted molar refractivity (Wildman–Crippen MR) is 79.2 cm³/mol. The molecule has 0 saturated carbocycles. The van der Waals surface area contributed by atoms with Crippen molar-refractivity contribution in [3.8, 4) is 0 Å². The Morgan fingerprint density at radius 2 is 2.10 bits per heavy atom. The number of carbonyl (C=O) groups excluding carboxylic acids is 2. The fourth-order valence-corrected chi connectivity index (χ4v) is 2.47. The number of rotatable bonds is 3. The van der Waals surface area contributed by atoms with Crippen LogP contribution in [0.4, 0.5) is 10.8 Å². The summed E-state index contributed by atoms with van der Waals surface area (Å²) in [7, 11) is 0. The summed E-state index contributed by atoms with van der Waals surface area (Å²) in [5, 5.41) is 3.23. The van der Waals surface area contributed by atoms with Gasteiger partial charge in [-0.2, -0.15) is 0 Å². The molecule has 2 rings (SSSR count). The molecule has 0 saturated heterocycles. The van der Waals surface area contributed by atoms with Crippen molar-refractivity contribution >= 4 is 45.6 Å². The minimum atomic E-state index is -0.601. The molecule has 0 bridgehead atoms. The number of nitrogens with two attached hydrogens (primary N) is 2. The highest BCUT2D eigenvalue weighted by Gasteiger charge is 2.16. The normalized spacial score (nSPS) is 10.3. The second kappa shape index (κ2) is 5.48. The summed E-state index contributed by atoms with van der Waals surface area (Å²) in [6, 6.07) is 4.39. The van der Waals surface area contributed by atoms with Crippen molar-refractivity contribution in [2.75, 3.05) is 11.1 Å². The van der Waals surface area contributed by atoms with Crippen LogP contribution in [0.2, 0.25) is 5.02 Å². The minimum absolute atomic E-state index is 0.255. The van der Waals surface area contributed by atoms with Gasteiger partial charge in [0.2, 0.25) is 5.91 Å². The topological polar surface area (TPSA) is 111 Å². The van der Waals surface area contributed by atoms with E-state index in [0.29, 0.717) is 26.4 Å². The Hall–Kier alpha value is -2.12. The molecule has 0 fully saturated rings. The highest BCUT2D eigenvalue weighted by molar-refractivity contribution is 7.17. The van der Waals surface area contributed by atoms with Gasteiger partial charge < -0.3 is 16.8 Å². The smallest absolute Gasteiger partial charge is 0.267 e. The zero-order valence-electron chi connectivity index (χ0n) is 10.4. The van der Waals surface area contributed by atoms with Crippen molar-refractivity contribution in [3.05, 3.63) is 39.4 Å². The number of anilines is 2. The van der Waals surface area contributed by atoms with Crippen molar-refractivity contribution in [3.63, 3.8) is 0 Å². The van der Waals surface area contributed by atoms with Crippen LogP contribution in [-0.4, -0.2) is 16.8 Å². The fraction of sp³-hybridized carbons (Fsp3) is 0.0833. The van der Waals surface area contributed by atoms with Gasteiger partial charge in [0.15, 0.2) is 5.13 Å². The van der Waals surface area contributed by atoms with Crippen LogP contribution in [0.25, 0.3) is 0 Å². The Kier molecular flexibility index (Phi) is 3.91. The van der Waals surface area contributed by atoms with Gasteiger partial charge in [0.05, 0.1) is 16.4 Å². The van der Waals surface area contributed by atoms with Crippen LogP contribution in [0, 0.1) is 6.92 Å². The molecule has 0 aliphatic rings. The first kappa shape index (κ1) is 14.3. The van der Waals surface area contributed by atoms with Gasteiger partial charge in [0.1, 0.15) is 4.88 Å². The first-order chi connectivity index (χ1) is 9.38. The Balaban J connectivity index is 2.30. The molecule has 0 aliphatic carbocycles. The lowest BCUT2D eigenvalue weighted by Gasteiger charge is -2.07. The second-order valence-corrected chi connectivity index (χ2v) is 5.42. The maximum atomic E-state index is 12.1. The molecule has 0 unspecified atom stereocenters. The van der Waals surface area contributed by atoms with Crippen LogP contribution >= 0.6 is 22.9 Å². The van der Waals surface area contributed by atoms with Crippen molar-refractivity contribution in [1.29, 1.82) is 0 Å². The van der Waals surface area contributed by atoms with Gasteiger partial charge in [-0.25, -0.2) is 4.98 Å². The number of aryl methyl sites for hydroxylation is 1. The van der Waals surface area contributed by atoms with Gasteiger partial charge in [0, 0.05) is 5.56 Å². The van der Waals surface area contributed by atoms with Crippen LogP contribution in [-0.2, 0) is 0 Å². The molecule has 6 nitrogen and oxygen atoms in total. The SMILES string of the molecule is Cc1nc(N)sc1C(=O)Nc1cc(C(N)=O)ccc1Cl. The quantitative estimate of drug-likeness (QED) is 0.805. The lowest BCUT2D eigenvalue weighted by atomic mass is 10.2. The van der Waals surface area contributed by atoms with Gasteiger partial charge in [-0.05, 0) is 25.1 Å². The molecule has 8 heteroatoms. The molecule has 2 aromatic rings. The van der Waals surface area contributed by atoms with E-state index in [0.717, 1.165) is 11.3 Å². The molecule has 104 valence electrons. The summed E-state index contributed by atoms with van der Waals surface area (Å²) in [4.78, 5) is 27.6. The molecule has 2 amide bonds. The van der Waals surface area contributed by atoms with Crippen molar-refractivity contribution in [2.24, 2.45) is 5.73 Å². The average molecular weight is 311 g/mol. The van der Waals surface area contributed by atoms with E-state index in [2.05, 4.69) is 10.3 Å². The highest BCUT2D eigenvalue weighted by atomic mass is 35.5. The van der Waals surface area contributed by atoms with E-state index >= 15 is 0 Å². The number of hydrogen-bond donors (Lipinski definition) is 3. The summed E-state index contributed by atoms with van der Waals surface area (Å²) in [5.74, 6) is -0.990. The minimum Gasteiger partial charge on any atom is -0.375 e. The highest BCUT2D eigenvalue weighted by Crippen LogP contribution is 2.26. The molecule has 0 spiro atoms. The molecule has 0 radical (unpaired) electrons. The number of halogens is 1. The fourth-order valence-electron chi connectivity index (χ4n) is 1.58. The molecular weight excluding hydrogens is 300 g/mol. The number of nitrogens with zero attached hydrogens (tertiary/aromatic N) is 1. The third-order valence-electron chi connectivity index (χ3n) is 2.52. The lowest BCUT2D eigenvalue weighted by Crippen LogP contribution is -2.14. The molecule has 5 N–H and O–H groups in total. The molecule has 0 atom stereocenters. The van der Waals surface area contributed by atoms with Crippen LogP contribution in [0.1, 0.15) is 25.7 Å². The third-order valence-corrected chi connectivity index (χ3v) is 3.83. The Morgan fingerprint density at radius 3 is 2.65 bits per heavy atom. The van der Waals surface area contributed by atoms with E-state index in [4.69, 9.17) is 23.1 Å². The van der Waals surface area contributed by atoms with Crippen molar-refractivity contribution in [1.82, 2.24) is 4.98 Å². The summed E-state index contributed by atoms with van der Waals surface area (Å²) >= 11 is 7.05. The molecule has 0 aliphatic heterocycles. The zero-order valence-corrected chi connectivity index (χ0v) is 12.0. The molecule has 20 heavy (non-hydrogen) atoms. The average Bonchev–Trinajstić information content (AvgIpc) is 2.71. The van der Waals surface area contributed by atoms with E-state index in [1.807, 2.05) is 0 Å². The summed E-state index contributed by atoms with van der Waals surface area (Å²) in [6.07, 6.45) is 0. The van der Waals surface area contributed by atoms with E-state index in [1.165, 1.54) is 18.2 Å². The predicted octanol–water partition coefficient (Wildman–Crippen LogP) is 2.04. The van der Waals surface area contributed by atoms with E-state index in [1.54, 1.807) is 6.92 Å². The number of hydrogen-bond acceptors (Lipinski definition) is 5. The van der Waals surface area contributed by atoms with Crippen LogP contribution in [0.15, 0.2) is 18.2 Å². The summed E-state index contributed by atoms with van der Waals surface area (Å²) in [5.41, 5.74) is 11.8. The standard InChI is InChI=1S/C12H11ClN4O2S/c1-5-9(20-12(15)16-5)11(19)17-8-4-6(10(14)18)2-3-7(8)13/h2-4H,1H3,(H2,14,18)(H2,15,16)(H,17,19). The van der Waals surface area contributed by atoms with Crippen molar-refractivity contribution < 1.29 is 9.59 Å². The number of aromatic nitrogens is 1. The van der Waals surface area contributed by atoms with Gasteiger partial charge in [0.25, 0.3) is 5.91 Å². The maximum Gasteiger partial charge on any atom is 0.267 e. The Labute approximate surface area is 123 Å². The van der Waals surface area contributed by atoms with E-state index in [-0.39, 0.29) is 11.5 Å². The molecular formula is C12H11ClN4O2S. The first-order valence-electron chi connectivity index (χ1n) is 5.52. The van der Waals surface area contributed by atoms with Gasteiger partial charge in [-0.1, -0.05) is 22.9 Å². The van der Waals surface area contributed by atoms with Crippen molar-refractivity contribution in [2.45, 2.75) is 6.92 Å². The monoisotopic (exact) mass is 310 g/mol. The number of benzene rings is 1. The van der Waals surface area contributed by atoms with Crippen LogP contribution in [0.5, 0.6) is 0 Å². The summed E-state index contributed by atoms with van der Waals surface area (Å²) < 4.78 is 0. The Morgan fingerprint density at radius 1 is 1.40 bits per heavy atom. The number of thiazole rings is 1.